The van der Waals surface area contributed by atoms with E-state index in [4.69, 9.17) is 24.9 Å². The number of aromatic nitrogens is 5. The first-order chi connectivity index (χ1) is 18.9. The molecular formula is C29H28N6O4. The number of aliphatic carboxylic acids is 2. The van der Waals surface area contributed by atoms with Gasteiger partial charge in [0.1, 0.15) is 0 Å². The third-order valence-electron chi connectivity index (χ3n) is 5.94. The van der Waals surface area contributed by atoms with Gasteiger partial charge in [-0.2, -0.15) is 5.10 Å². The van der Waals surface area contributed by atoms with E-state index in [9.17, 15) is 0 Å². The molecule has 1 atom stereocenters. The molecule has 0 fully saturated rings. The number of hydrogen-bond donors (Lipinski definition) is 3. The zero-order chi connectivity index (χ0) is 27.6. The first-order valence-corrected chi connectivity index (χ1v) is 12.2. The third-order valence-corrected chi connectivity index (χ3v) is 5.94. The van der Waals surface area contributed by atoms with Gasteiger partial charge >= 0.3 is 11.9 Å². The monoisotopic (exact) mass is 524 g/mol. The van der Waals surface area contributed by atoms with Crippen LogP contribution in [-0.4, -0.2) is 46.5 Å². The summed E-state index contributed by atoms with van der Waals surface area (Å²) in [5.74, 6) is -3.65. The van der Waals surface area contributed by atoms with Gasteiger partial charge in [-0.25, -0.2) is 14.6 Å². The number of imidazole rings is 1. The predicted octanol–water partition coefficient (Wildman–Crippen LogP) is 4.19. The predicted molar refractivity (Wildman–Crippen MR) is 145 cm³/mol. The maximum atomic E-state index is 9.10. The van der Waals surface area contributed by atoms with Crippen LogP contribution in [0.2, 0.25) is 0 Å². The number of carboxylic acid groups (broad SMARTS) is 2. The lowest BCUT2D eigenvalue weighted by Crippen LogP contribution is -2.18. The highest BCUT2D eigenvalue weighted by Crippen LogP contribution is 2.23. The van der Waals surface area contributed by atoms with Gasteiger partial charge in [-0.3, -0.25) is 9.67 Å². The molecule has 3 aromatic heterocycles. The van der Waals surface area contributed by atoms with Gasteiger partial charge in [-0.05, 0) is 42.3 Å². The molecular weight excluding hydrogens is 496 g/mol. The van der Waals surface area contributed by atoms with Crippen molar-refractivity contribution in [2.24, 2.45) is 0 Å². The first-order valence-electron chi connectivity index (χ1n) is 12.2. The Morgan fingerprint density at radius 3 is 2.28 bits per heavy atom. The highest BCUT2D eigenvalue weighted by molar-refractivity contribution is 6.27. The Morgan fingerprint density at radius 2 is 1.67 bits per heavy atom. The van der Waals surface area contributed by atoms with Crippen molar-refractivity contribution >= 4 is 11.9 Å². The van der Waals surface area contributed by atoms with E-state index in [1.54, 1.807) is 12.4 Å². The van der Waals surface area contributed by atoms with Crippen molar-refractivity contribution in [3.05, 3.63) is 121 Å². The normalized spacial score (nSPS) is 11.3. The van der Waals surface area contributed by atoms with Crippen LogP contribution in [0.4, 0.5) is 0 Å². The minimum Gasteiger partial charge on any atom is -0.473 e. The van der Waals surface area contributed by atoms with Crippen molar-refractivity contribution in [2.75, 3.05) is 0 Å². The molecule has 5 rings (SSSR count). The van der Waals surface area contributed by atoms with Gasteiger partial charge in [0.15, 0.2) is 0 Å². The summed E-state index contributed by atoms with van der Waals surface area (Å²) < 4.78 is 4.02. The molecule has 0 bridgehead atoms. The summed E-state index contributed by atoms with van der Waals surface area (Å²) in [6.45, 7) is 3.63. The fourth-order valence-electron chi connectivity index (χ4n) is 3.92. The summed E-state index contributed by atoms with van der Waals surface area (Å²) in [5.41, 5.74) is 6.71. The molecule has 3 heterocycles. The smallest absolute Gasteiger partial charge is 0.414 e. The largest absolute Gasteiger partial charge is 0.473 e. The van der Waals surface area contributed by atoms with E-state index in [1.807, 2.05) is 40.1 Å². The minimum absolute atomic E-state index is 0.195. The molecule has 10 nitrogen and oxygen atoms in total. The van der Waals surface area contributed by atoms with Crippen molar-refractivity contribution in [1.82, 2.24) is 29.6 Å². The molecule has 0 radical (unpaired) electrons. The van der Waals surface area contributed by atoms with Crippen molar-refractivity contribution < 1.29 is 19.8 Å². The summed E-state index contributed by atoms with van der Waals surface area (Å²) in [7, 11) is 0. The van der Waals surface area contributed by atoms with E-state index < -0.39 is 11.9 Å². The maximum Gasteiger partial charge on any atom is 0.414 e. The van der Waals surface area contributed by atoms with Crippen molar-refractivity contribution in [3.63, 3.8) is 0 Å². The Bertz CT molecular complexity index is 1470. The van der Waals surface area contributed by atoms with Crippen LogP contribution in [-0.2, 0) is 22.7 Å². The summed E-state index contributed by atoms with van der Waals surface area (Å²) >= 11 is 0. The Labute approximate surface area is 225 Å². The Morgan fingerprint density at radius 1 is 0.923 bits per heavy atom. The molecule has 5 aromatic rings. The number of nitrogens with one attached hydrogen (secondary N) is 1. The van der Waals surface area contributed by atoms with Gasteiger partial charge in [-0.1, -0.05) is 42.5 Å². The molecule has 0 aliphatic heterocycles. The van der Waals surface area contributed by atoms with Gasteiger partial charge in [0.25, 0.3) is 0 Å². The fourth-order valence-corrected chi connectivity index (χ4v) is 3.92. The summed E-state index contributed by atoms with van der Waals surface area (Å²) in [5, 5.41) is 23.3. The molecule has 0 spiro atoms. The number of pyridine rings is 1. The molecule has 3 N–H and O–H groups in total. The topological polar surface area (TPSA) is 135 Å². The quantitative estimate of drug-likeness (QED) is 0.257. The van der Waals surface area contributed by atoms with Crippen LogP contribution in [0, 0.1) is 0 Å². The molecule has 0 saturated carbocycles. The second-order valence-electron chi connectivity index (χ2n) is 8.70. The second-order valence-corrected chi connectivity index (χ2v) is 8.70. The lowest BCUT2D eigenvalue weighted by molar-refractivity contribution is -0.159. The van der Waals surface area contributed by atoms with Gasteiger partial charge < -0.3 is 20.1 Å². The lowest BCUT2D eigenvalue weighted by atomic mass is 10.1. The zero-order valence-corrected chi connectivity index (χ0v) is 21.3. The van der Waals surface area contributed by atoms with Crippen molar-refractivity contribution in [1.29, 1.82) is 0 Å². The van der Waals surface area contributed by atoms with E-state index in [0.717, 1.165) is 29.1 Å². The van der Waals surface area contributed by atoms with Crippen LogP contribution in [0.5, 0.6) is 0 Å². The molecule has 39 heavy (non-hydrogen) atoms. The lowest BCUT2D eigenvalue weighted by Gasteiger charge is -2.15. The molecule has 0 amide bonds. The molecule has 0 saturated heterocycles. The summed E-state index contributed by atoms with van der Waals surface area (Å²) in [4.78, 5) is 26.6. The number of carboxylic acids is 2. The molecule has 0 aliphatic rings. The number of hydrogen-bond acceptors (Lipinski definition) is 6. The van der Waals surface area contributed by atoms with Crippen LogP contribution in [0.1, 0.15) is 29.7 Å². The van der Waals surface area contributed by atoms with Crippen LogP contribution >= 0.6 is 0 Å². The van der Waals surface area contributed by atoms with Gasteiger partial charge in [0.05, 0.1) is 18.6 Å². The molecule has 0 aliphatic carbocycles. The Hall–Kier alpha value is -5.09. The van der Waals surface area contributed by atoms with Crippen molar-refractivity contribution in [3.8, 4) is 16.9 Å². The minimum atomic E-state index is -1.82. The van der Waals surface area contributed by atoms with E-state index in [1.165, 1.54) is 11.1 Å². The molecule has 2 aromatic carbocycles. The van der Waals surface area contributed by atoms with Crippen LogP contribution in [0.25, 0.3) is 16.9 Å². The Kier molecular flexibility index (Phi) is 8.94. The van der Waals surface area contributed by atoms with E-state index in [-0.39, 0.29) is 6.04 Å². The second kappa shape index (κ2) is 12.9. The van der Waals surface area contributed by atoms with E-state index in [0.29, 0.717) is 6.54 Å². The number of carbonyl (C=O) groups is 2. The average molecular weight is 525 g/mol. The van der Waals surface area contributed by atoms with E-state index in [2.05, 4.69) is 83.0 Å². The van der Waals surface area contributed by atoms with Crippen LogP contribution in [0.15, 0.2) is 104 Å². The SMILES string of the molecule is CC(NCc1cn(Cc2ccccc2)nc1-c1cccnc1)c1ccc(-n2ccnc2)cc1.O=C(O)C(=O)O. The fraction of sp³-hybridized carbons (Fsp3) is 0.138. The zero-order valence-electron chi connectivity index (χ0n) is 21.3. The maximum absolute atomic E-state index is 9.10. The molecule has 1 unspecified atom stereocenters. The summed E-state index contributed by atoms with van der Waals surface area (Å²) in [6, 6.07) is 23.2. The number of nitrogens with zero attached hydrogens (tertiary/aromatic N) is 5. The van der Waals surface area contributed by atoms with Crippen molar-refractivity contribution in [2.45, 2.75) is 26.1 Å². The van der Waals surface area contributed by atoms with Crippen LogP contribution in [0.3, 0.4) is 0 Å². The number of rotatable bonds is 8. The molecule has 198 valence electrons. The number of benzene rings is 2. The average Bonchev–Trinajstić information content (AvgIpc) is 3.64. The van der Waals surface area contributed by atoms with Gasteiger partial charge in [-0.15, -0.1) is 0 Å². The highest BCUT2D eigenvalue weighted by atomic mass is 16.4. The third kappa shape index (κ3) is 7.46. The van der Waals surface area contributed by atoms with E-state index >= 15 is 0 Å². The molecule has 10 heteroatoms. The Balaban J connectivity index is 0.000000531. The first kappa shape index (κ1) is 27.0. The van der Waals surface area contributed by atoms with Crippen LogP contribution < -0.4 is 5.32 Å². The van der Waals surface area contributed by atoms with Gasteiger partial charge in [0.2, 0.25) is 0 Å². The summed E-state index contributed by atoms with van der Waals surface area (Å²) in [6.07, 6.45) is 11.3. The standard InChI is InChI=1S/C27H26N6.C2H2O4/c1-21(23-9-11-26(12-10-23)32-15-14-29-20-32)30-17-25-19-33(18-22-6-3-2-4-7-22)31-27(25)24-8-5-13-28-16-24;3-1(4)2(5)6/h2-16,19-21,30H,17-18H2,1H3;(H,3,4)(H,5,6). The van der Waals surface area contributed by atoms with Gasteiger partial charge in [0, 0.05) is 60.4 Å². The highest BCUT2D eigenvalue weighted by Gasteiger charge is 2.14.